The van der Waals surface area contributed by atoms with Crippen LogP contribution >= 0.6 is 0 Å². The predicted octanol–water partition coefficient (Wildman–Crippen LogP) is 13.6. The smallest absolute Gasteiger partial charge is 0.123 e. The first-order chi connectivity index (χ1) is 19.4. The minimum absolute atomic E-state index is 0.0800. The molecule has 0 saturated carbocycles. The molecule has 0 spiro atoms. The minimum atomic E-state index is 0.0800. The highest BCUT2D eigenvalue weighted by molar-refractivity contribution is 5.66. The largest absolute Gasteiger partial charge is 0.492 e. The van der Waals surface area contributed by atoms with Crippen molar-refractivity contribution in [3.05, 3.63) is 71.3 Å². The zero-order chi connectivity index (χ0) is 33.8. The summed E-state index contributed by atoms with van der Waals surface area (Å²) < 4.78 is 5.97. The Kier molecular flexibility index (Phi) is 16.8. The van der Waals surface area contributed by atoms with E-state index >= 15 is 0 Å². The van der Waals surface area contributed by atoms with Crippen molar-refractivity contribution in [2.45, 2.75) is 149 Å². The SMILES string of the molecule is CC.CC.CC.CC.CC(C)(C)C1(C(C)(C)C)C=Cc2ccccc21.CC(C)(C)C1(C(C)(C)C)COc2ccccc21. The summed E-state index contributed by atoms with van der Waals surface area (Å²) >= 11 is 0. The van der Waals surface area contributed by atoms with Crippen molar-refractivity contribution >= 4 is 6.08 Å². The molecule has 0 atom stereocenters. The average molecular weight is 581 g/mol. The lowest BCUT2D eigenvalue weighted by atomic mass is 9.52. The maximum atomic E-state index is 5.97. The molecular weight excluding hydrogens is 508 g/mol. The van der Waals surface area contributed by atoms with Crippen LogP contribution in [0.4, 0.5) is 0 Å². The van der Waals surface area contributed by atoms with Gasteiger partial charge in [0.15, 0.2) is 0 Å². The highest BCUT2D eigenvalue weighted by Gasteiger charge is 2.56. The lowest BCUT2D eigenvalue weighted by molar-refractivity contribution is 0.0311. The van der Waals surface area contributed by atoms with Crippen LogP contribution in [0.3, 0.4) is 0 Å². The zero-order valence-electron chi connectivity index (χ0n) is 31.9. The first-order valence-electron chi connectivity index (χ1n) is 16.9. The topological polar surface area (TPSA) is 9.23 Å². The Morgan fingerprint density at radius 3 is 1.29 bits per heavy atom. The molecule has 0 aromatic heterocycles. The van der Waals surface area contributed by atoms with Gasteiger partial charge < -0.3 is 4.74 Å². The van der Waals surface area contributed by atoms with Gasteiger partial charge in [-0.3, -0.25) is 0 Å². The van der Waals surface area contributed by atoms with E-state index in [9.17, 15) is 0 Å². The van der Waals surface area contributed by atoms with Crippen molar-refractivity contribution in [3.8, 4) is 5.75 Å². The summed E-state index contributed by atoms with van der Waals surface area (Å²) in [6.07, 6.45) is 4.73. The highest BCUT2D eigenvalue weighted by Crippen LogP contribution is 2.59. The first-order valence-corrected chi connectivity index (χ1v) is 16.9. The van der Waals surface area contributed by atoms with E-state index in [1.807, 2.05) is 55.4 Å². The van der Waals surface area contributed by atoms with Gasteiger partial charge in [0, 0.05) is 16.4 Å². The van der Waals surface area contributed by atoms with Gasteiger partial charge in [0.05, 0.1) is 6.61 Å². The third kappa shape index (κ3) is 8.12. The van der Waals surface area contributed by atoms with Crippen molar-refractivity contribution in [3.63, 3.8) is 0 Å². The fourth-order valence-electron chi connectivity index (χ4n) is 7.31. The number of ether oxygens (including phenoxy) is 1. The van der Waals surface area contributed by atoms with Gasteiger partial charge in [-0.05, 0) is 38.9 Å². The molecule has 2 aliphatic rings. The van der Waals surface area contributed by atoms with E-state index in [2.05, 4.69) is 144 Å². The van der Waals surface area contributed by atoms with Crippen molar-refractivity contribution < 1.29 is 4.74 Å². The van der Waals surface area contributed by atoms with Crippen molar-refractivity contribution in [2.24, 2.45) is 21.7 Å². The zero-order valence-corrected chi connectivity index (χ0v) is 31.9. The van der Waals surface area contributed by atoms with Gasteiger partial charge in [0.1, 0.15) is 5.75 Å². The predicted molar refractivity (Wildman–Crippen MR) is 194 cm³/mol. The molecule has 2 aromatic rings. The summed E-state index contributed by atoms with van der Waals surface area (Å²) in [6.45, 7) is 44.8. The summed E-state index contributed by atoms with van der Waals surface area (Å²) in [6, 6.07) is 17.3. The van der Waals surface area contributed by atoms with Gasteiger partial charge in [-0.1, -0.05) is 193 Å². The van der Waals surface area contributed by atoms with Crippen LogP contribution in [0, 0.1) is 21.7 Å². The van der Waals surface area contributed by atoms with Gasteiger partial charge in [-0.15, -0.1) is 0 Å². The highest BCUT2D eigenvalue weighted by atomic mass is 16.5. The molecule has 0 saturated heterocycles. The molecule has 0 unspecified atom stereocenters. The molecular formula is C41H72O. The van der Waals surface area contributed by atoms with E-state index in [1.54, 1.807) is 0 Å². The molecule has 0 N–H and O–H groups in total. The number of rotatable bonds is 0. The summed E-state index contributed by atoms with van der Waals surface area (Å²) in [5.41, 5.74) is 5.24. The Labute approximate surface area is 265 Å². The molecule has 2 aromatic carbocycles. The summed E-state index contributed by atoms with van der Waals surface area (Å²) in [5, 5.41) is 0. The number of hydrogen-bond acceptors (Lipinski definition) is 1. The molecule has 0 fully saturated rings. The molecule has 0 radical (unpaired) electrons. The number of para-hydroxylation sites is 1. The molecule has 1 nitrogen and oxygen atoms in total. The Morgan fingerprint density at radius 1 is 0.500 bits per heavy atom. The Hall–Kier alpha value is -2.02. The molecule has 1 aliphatic heterocycles. The minimum Gasteiger partial charge on any atom is -0.492 e. The van der Waals surface area contributed by atoms with Crippen LogP contribution in [0.5, 0.6) is 5.75 Å². The number of benzene rings is 2. The molecule has 1 heteroatoms. The van der Waals surface area contributed by atoms with Crippen LogP contribution in [0.2, 0.25) is 0 Å². The molecule has 242 valence electrons. The fourth-order valence-corrected chi connectivity index (χ4v) is 7.31. The Bertz CT molecular complexity index is 1010. The number of fused-ring (bicyclic) bond motifs is 2. The fraction of sp³-hybridized carbons (Fsp3) is 0.659. The first kappa shape index (κ1) is 42.1. The molecule has 42 heavy (non-hydrogen) atoms. The van der Waals surface area contributed by atoms with Crippen LogP contribution in [0.25, 0.3) is 6.08 Å². The third-order valence-corrected chi connectivity index (χ3v) is 8.62. The normalized spacial score (nSPS) is 15.5. The quantitative estimate of drug-likeness (QED) is 0.301. The van der Waals surface area contributed by atoms with Crippen molar-refractivity contribution in [1.29, 1.82) is 0 Å². The average Bonchev–Trinajstić information content (AvgIpc) is 3.54. The van der Waals surface area contributed by atoms with E-state index in [0.717, 1.165) is 12.4 Å². The van der Waals surface area contributed by atoms with E-state index in [1.165, 1.54) is 16.7 Å². The molecule has 1 heterocycles. The Morgan fingerprint density at radius 2 is 0.881 bits per heavy atom. The Balaban J connectivity index is 0. The molecule has 4 rings (SSSR count). The number of hydrogen-bond donors (Lipinski definition) is 0. The van der Waals surface area contributed by atoms with Crippen LogP contribution in [-0.4, -0.2) is 6.61 Å². The lowest BCUT2D eigenvalue weighted by Gasteiger charge is -2.51. The standard InChI is InChI=1S/C17H24.C16H24O.4C2H6/c1-15(2,3)17(16(4,5)6)12-11-13-9-7-8-10-14(13)17;1-14(2,3)16(15(4,5)6)11-17-13-10-8-7-9-12(13)16;4*1-2/h7-12H,1-6H3;7-10H,11H2,1-6H3;4*1-2H3. The molecule has 0 amide bonds. The van der Waals surface area contributed by atoms with Gasteiger partial charge in [0.2, 0.25) is 0 Å². The van der Waals surface area contributed by atoms with E-state index < -0.39 is 0 Å². The van der Waals surface area contributed by atoms with Gasteiger partial charge in [-0.25, -0.2) is 0 Å². The molecule has 0 bridgehead atoms. The lowest BCUT2D eigenvalue weighted by Crippen LogP contribution is -2.51. The van der Waals surface area contributed by atoms with Gasteiger partial charge >= 0.3 is 0 Å². The van der Waals surface area contributed by atoms with Crippen molar-refractivity contribution in [1.82, 2.24) is 0 Å². The van der Waals surface area contributed by atoms with Gasteiger partial charge in [-0.2, -0.15) is 0 Å². The van der Waals surface area contributed by atoms with Crippen LogP contribution in [-0.2, 0) is 10.8 Å². The van der Waals surface area contributed by atoms with Gasteiger partial charge in [0.25, 0.3) is 0 Å². The monoisotopic (exact) mass is 581 g/mol. The number of allylic oxidation sites excluding steroid dienone is 1. The van der Waals surface area contributed by atoms with E-state index in [0.29, 0.717) is 0 Å². The van der Waals surface area contributed by atoms with Crippen LogP contribution in [0.15, 0.2) is 54.6 Å². The molecule has 1 aliphatic carbocycles. The summed E-state index contributed by atoms with van der Waals surface area (Å²) in [7, 11) is 0. The second-order valence-electron chi connectivity index (χ2n) is 14.4. The van der Waals surface area contributed by atoms with Crippen LogP contribution in [0.1, 0.15) is 155 Å². The summed E-state index contributed by atoms with van der Waals surface area (Å²) in [5.74, 6) is 1.07. The van der Waals surface area contributed by atoms with Crippen molar-refractivity contribution in [2.75, 3.05) is 6.61 Å². The van der Waals surface area contributed by atoms with E-state index in [-0.39, 0.29) is 32.5 Å². The second kappa shape index (κ2) is 16.7. The van der Waals surface area contributed by atoms with E-state index in [4.69, 9.17) is 4.74 Å². The summed E-state index contributed by atoms with van der Waals surface area (Å²) in [4.78, 5) is 0. The maximum absolute atomic E-state index is 5.97. The van der Waals surface area contributed by atoms with Crippen LogP contribution < -0.4 is 4.74 Å². The third-order valence-electron chi connectivity index (χ3n) is 8.62. The second-order valence-corrected chi connectivity index (χ2v) is 14.4. The maximum Gasteiger partial charge on any atom is 0.123 e.